The summed E-state index contributed by atoms with van der Waals surface area (Å²) in [6.45, 7) is 6.19. The van der Waals surface area contributed by atoms with Crippen LogP contribution in [0.3, 0.4) is 0 Å². The summed E-state index contributed by atoms with van der Waals surface area (Å²) in [5, 5.41) is 13.2. The molecule has 0 aromatic heterocycles. The van der Waals surface area contributed by atoms with Crippen LogP contribution in [0, 0.1) is 0 Å². The van der Waals surface area contributed by atoms with Gasteiger partial charge in [-0.25, -0.2) is 0 Å². The van der Waals surface area contributed by atoms with Crippen molar-refractivity contribution >= 4 is 10.8 Å². The molecule has 1 aliphatic heterocycles. The first-order valence-corrected chi connectivity index (χ1v) is 12.6. The van der Waals surface area contributed by atoms with E-state index in [1.807, 2.05) is 24.3 Å². The molecule has 4 aromatic carbocycles. The third kappa shape index (κ3) is 6.16. The van der Waals surface area contributed by atoms with E-state index in [2.05, 4.69) is 88.7 Å². The number of nitrogens with zero attached hydrogens (tertiary/aromatic N) is 2. The fourth-order valence-corrected chi connectivity index (χ4v) is 4.90. The number of benzene rings is 4. The normalized spacial score (nSPS) is 16.1. The monoisotopic (exact) mass is 466 g/mol. The molecule has 35 heavy (non-hydrogen) atoms. The lowest BCUT2D eigenvalue weighted by atomic mass is 10.0. The molecule has 4 heteroatoms. The summed E-state index contributed by atoms with van der Waals surface area (Å²) in [4.78, 5) is 4.83. The molecule has 0 spiro atoms. The second-order valence-electron chi connectivity index (χ2n) is 9.34. The van der Waals surface area contributed by atoms with Crippen molar-refractivity contribution in [2.24, 2.45) is 0 Å². The van der Waals surface area contributed by atoms with Crippen molar-refractivity contribution in [1.29, 1.82) is 0 Å². The molecule has 0 radical (unpaired) electrons. The Morgan fingerprint density at radius 2 is 1.20 bits per heavy atom. The maximum atomic E-state index is 10.8. The number of rotatable bonds is 9. The Hall–Kier alpha value is -3.02. The molecular weight excluding hydrogens is 432 g/mol. The molecule has 1 heterocycles. The Kier molecular flexibility index (Phi) is 7.86. The van der Waals surface area contributed by atoms with E-state index in [1.54, 1.807) is 0 Å². The van der Waals surface area contributed by atoms with E-state index < -0.39 is 6.10 Å². The van der Waals surface area contributed by atoms with Crippen molar-refractivity contribution in [3.8, 4) is 0 Å². The minimum absolute atomic E-state index is 0.0456. The predicted molar refractivity (Wildman–Crippen MR) is 142 cm³/mol. The van der Waals surface area contributed by atoms with Gasteiger partial charge in [-0.2, -0.15) is 0 Å². The van der Waals surface area contributed by atoms with Gasteiger partial charge < -0.3 is 9.84 Å². The number of ether oxygens (including phenoxy) is 1. The molecule has 1 atom stereocenters. The van der Waals surface area contributed by atoms with E-state index in [0.29, 0.717) is 13.2 Å². The molecule has 0 bridgehead atoms. The van der Waals surface area contributed by atoms with Gasteiger partial charge in [-0.15, -0.1) is 0 Å². The highest BCUT2D eigenvalue weighted by atomic mass is 16.5. The van der Waals surface area contributed by atoms with Crippen molar-refractivity contribution in [2.45, 2.75) is 12.2 Å². The number of hydrogen-bond acceptors (Lipinski definition) is 4. The second-order valence-corrected chi connectivity index (χ2v) is 9.34. The Balaban J connectivity index is 1.10. The van der Waals surface area contributed by atoms with Gasteiger partial charge in [0.25, 0.3) is 0 Å². The largest absolute Gasteiger partial charge is 0.387 e. The quantitative estimate of drug-likeness (QED) is 0.363. The standard InChI is InChI=1S/C31H34N2O2/c34-30(29-16-15-25-9-7-8-14-28(25)23-29)24-33-19-17-32(18-20-33)21-22-35-31(26-10-3-1-4-11-26)27-12-5-2-6-13-27/h1-16,23,30-31,34H,17-22,24H2. The molecule has 0 amide bonds. The van der Waals surface area contributed by atoms with Crippen LogP contribution in [0.4, 0.5) is 0 Å². The number of aliphatic hydroxyl groups is 1. The van der Waals surface area contributed by atoms with E-state index in [0.717, 1.165) is 38.3 Å². The number of aliphatic hydroxyl groups excluding tert-OH is 1. The van der Waals surface area contributed by atoms with Crippen LogP contribution in [0.2, 0.25) is 0 Å². The molecule has 1 N–H and O–H groups in total. The van der Waals surface area contributed by atoms with Crippen molar-refractivity contribution in [3.05, 3.63) is 120 Å². The Morgan fingerprint density at radius 3 is 1.86 bits per heavy atom. The van der Waals surface area contributed by atoms with Crippen LogP contribution in [0.1, 0.15) is 28.9 Å². The number of β-amino-alcohol motifs (C(OH)–C–C–N with tert-alkyl or cyclic N) is 1. The fraction of sp³-hybridized carbons (Fsp3) is 0.290. The summed E-state index contributed by atoms with van der Waals surface area (Å²) < 4.78 is 6.41. The summed E-state index contributed by atoms with van der Waals surface area (Å²) in [6.07, 6.45) is -0.511. The van der Waals surface area contributed by atoms with E-state index in [-0.39, 0.29) is 6.10 Å². The zero-order chi connectivity index (χ0) is 23.9. The van der Waals surface area contributed by atoms with Gasteiger partial charge in [0.1, 0.15) is 6.10 Å². The first kappa shape index (κ1) is 23.7. The van der Waals surface area contributed by atoms with Crippen LogP contribution in [0.5, 0.6) is 0 Å². The highest BCUT2D eigenvalue weighted by Gasteiger charge is 2.21. The highest BCUT2D eigenvalue weighted by Crippen LogP contribution is 2.26. The van der Waals surface area contributed by atoms with Crippen LogP contribution >= 0.6 is 0 Å². The van der Waals surface area contributed by atoms with Crippen molar-refractivity contribution in [2.75, 3.05) is 45.9 Å². The fourth-order valence-electron chi connectivity index (χ4n) is 4.90. The molecule has 0 saturated carbocycles. The van der Waals surface area contributed by atoms with Gasteiger partial charge in [0.15, 0.2) is 0 Å². The Morgan fingerprint density at radius 1 is 0.629 bits per heavy atom. The summed E-state index contributed by atoms with van der Waals surface area (Å²) in [6, 6.07) is 35.5. The van der Waals surface area contributed by atoms with Gasteiger partial charge in [-0.05, 0) is 33.5 Å². The highest BCUT2D eigenvalue weighted by molar-refractivity contribution is 5.83. The van der Waals surface area contributed by atoms with Crippen molar-refractivity contribution in [3.63, 3.8) is 0 Å². The molecule has 1 fully saturated rings. The maximum Gasteiger partial charge on any atom is 0.108 e. The first-order chi connectivity index (χ1) is 17.3. The zero-order valence-corrected chi connectivity index (χ0v) is 20.2. The number of fused-ring (bicyclic) bond motifs is 1. The third-order valence-corrected chi connectivity index (χ3v) is 6.95. The Bertz CT molecular complexity index is 1150. The van der Waals surface area contributed by atoms with Gasteiger partial charge in [0.05, 0.1) is 12.7 Å². The number of hydrogen-bond donors (Lipinski definition) is 1. The topological polar surface area (TPSA) is 35.9 Å². The molecular formula is C31H34N2O2. The molecule has 0 aliphatic carbocycles. The zero-order valence-electron chi connectivity index (χ0n) is 20.2. The lowest BCUT2D eigenvalue weighted by molar-refractivity contribution is 0.0351. The van der Waals surface area contributed by atoms with Crippen LogP contribution in [0.25, 0.3) is 10.8 Å². The lowest BCUT2D eigenvalue weighted by Crippen LogP contribution is -2.48. The van der Waals surface area contributed by atoms with Crippen LogP contribution < -0.4 is 0 Å². The molecule has 4 nitrogen and oxygen atoms in total. The summed E-state index contributed by atoms with van der Waals surface area (Å²) >= 11 is 0. The van der Waals surface area contributed by atoms with Gasteiger partial charge in [0, 0.05) is 39.3 Å². The first-order valence-electron chi connectivity index (χ1n) is 12.6. The van der Waals surface area contributed by atoms with Gasteiger partial charge in [-0.3, -0.25) is 9.80 Å². The van der Waals surface area contributed by atoms with E-state index in [4.69, 9.17) is 4.74 Å². The SMILES string of the molecule is OC(CN1CCN(CCOC(c2ccccc2)c2ccccc2)CC1)c1ccc2ccccc2c1. The Labute approximate surface area is 208 Å². The summed E-state index contributed by atoms with van der Waals surface area (Å²) in [7, 11) is 0. The molecule has 5 rings (SSSR count). The smallest absolute Gasteiger partial charge is 0.108 e. The predicted octanol–water partition coefficient (Wildman–Crippen LogP) is 5.30. The number of piperazine rings is 1. The van der Waals surface area contributed by atoms with E-state index in [9.17, 15) is 5.11 Å². The molecule has 180 valence electrons. The lowest BCUT2D eigenvalue weighted by Gasteiger charge is -2.35. The minimum Gasteiger partial charge on any atom is -0.387 e. The van der Waals surface area contributed by atoms with Crippen LogP contribution in [0.15, 0.2) is 103 Å². The van der Waals surface area contributed by atoms with Gasteiger partial charge >= 0.3 is 0 Å². The molecule has 1 saturated heterocycles. The minimum atomic E-state index is -0.466. The third-order valence-electron chi connectivity index (χ3n) is 6.95. The van der Waals surface area contributed by atoms with Crippen LogP contribution in [-0.2, 0) is 4.74 Å². The van der Waals surface area contributed by atoms with Crippen molar-refractivity contribution < 1.29 is 9.84 Å². The molecule has 1 aliphatic rings. The summed E-state index contributed by atoms with van der Waals surface area (Å²) in [5.41, 5.74) is 3.37. The molecule has 4 aromatic rings. The van der Waals surface area contributed by atoms with Gasteiger partial charge in [0.2, 0.25) is 0 Å². The van der Waals surface area contributed by atoms with E-state index >= 15 is 0 Å². The van der Waals surface area contributed by atoms with E-state index in [1.165, 1.54) is 21.9 Å². The average molecular weight is 467 g/mol. The second kappa shape index (κ2) is 11.6. The molecule has 1 unspecified atom stereocenters. The van der Waals surface area contributed by atoms with Gasteiger partial charge in [-0.1, -0.05) is 97.1 Å². The van der Waals surface area contributed by atoms with Crippen LogP contribution in [-0.4, -0.2) is 60.8 Å². The average Bonchev–Trinajstić information content (AvgIpc) is 2.92. The van der Waals surface area contributed by atoms with Crippen molar-refractivity contribution in [1.82, 2.24) is 9.80 Å². The summed E-state index contributed by atoms with van der Waals surface area (Å²) in [5.74, 6) is 0. The maximum absolute atomic E-state index is 10.8.